The Morgan fingerprint density at radius 3 is 2.13 bits per heavy atom. The van der Waals surface area contributed by atoms with Crippen LogP contribution in [0.1, 0.15) is 60.1 Å². The van der Waals surface area contributed by atoms with Crippen molar-refractivity contribution in [2.75, 3.05) is 26.2 Å². The van der Waals surface area contributed by atoms with Gasteiger partial charge in [-0.05, 0) is 61.6 Å². The maximum Gasteiger partial charge on any atom is 0.338 e. The number of carboxylic acid groups (broad SMARTS) is 1. The summed E-state index contributed by atoms with van der Waals surface area (Å²) in [6.07, 6.45) is 6.79. The zero-order valence-electron chi connectivity index (χ0n) is 25.6. The number of aromatic carboxylic acids is 1. The van der Waals surface area contributed by atoms with E-state index in [9.17, 15) is 19.5 Å². The lowest BCUT2D eigenvalue weighted by atomic mass is 9.94. The van der Waals surface area contributed by atoms with Crippen LogP contribution in [0.2, 0.25) is 5.02 Å². The second-order valence-corrected chi connectivity index (χ2v) is 12.5. The Kier molecular flexibility index (Phi) is 10.7. The molecule has 0 aliphatic carbocycles. The average Bonchev–Trinajstić information content (AvgIpc) is 3.06. The van der Waals surface area contributed by atoms with Crippen molar-refractivity contribution in [1.29, 1.82) is 0 Å². The molecular formula is C36H42ClN4O4+. The minimum Gasteiger partial charge on any atom is -0.478 e. The number of nitrogens with two attached hydrogens (primary N) is 1. The van der Waals surface area contributed by atoms with Crippen molar-refractivity contribution < 1.29 is 19.2 Å². The molecule has 9 heteroatoms. The number of nitrogens with one attached hydrogen (secondary N) is 1. The van der Waals surface area contributed by atoms with Crippen LogP contribution in [0.5, 0.6) is 0 Å². The van der Waals surface area contributed by atoms with E-state index >= 15 is 0 Å². The van der Waals surface area contributed by atoms with Gasteiger partial charge in [0.1, 0.15) is 6.54 Å². The van der Waals surface area contributed by atoms with E-state index in [4.69, 9.17) is 17.3 Å². The number of aromatic nitrogens is 1. The molecule has 236 valence electrons. The highest BCUT2D eigenvalue weighted by Gasteiger charge is 2.41. The maximum absolute atomic E-state index is 13.9. The number of carbonyl (C=O) groups is 2. The molecule has 0 atom stereocenters. The molecule has 3 aromatic carbocycles. The van der Waals surface area contributed by atoms with Crippen LogP contribution in [-0.2, 0) is 17.8 Å². The Morgan fingerprint density at radius 1 is 0.889 bits per heavy atom. The van der Waals surface area contributed by atoms with Crippen LogP contribution < -0.4 is 16.6 Å². The van der Waals surface area contributed by atoms with Crippen molar-refractivity contribution in [2.45, 2.75) is 57.5 Å². The number of piperidine rings is 2. The lowest BCUT2D eigenvalue weighted by Crippen LogP contribution is -2.60. The Bertz CT molecular complexity index is 1680. The van der Waals surface area contributed by atoms with Crippen molar-refractivity contribution in [2.24, 2.45) is 5.73 Å². The third kappa shape index (κ3) is 7.64. The standard InChI is InChI=1S/C27H30ClN3O3.C9H11NO/c28-19-8-10-20(11-9-19)30-24(25(27(33)34)22-6-2-3-7-23(22)26(30)32)18-31(16-4-1-5-17-31)21-12-14-29-15-13-21;10-9(11)7-6-8-4-2-1-3-5-8/h2-3,6-11,21,29H,1,4-5,12-18H2;1-5H,6-7H2,(H2,10,11)/p+1. The van der Waals surface area contributed by atoms with Gasteiger partial charge in [-0.3, -0.25) is 14.2 Å². The number of nitrogens with zero attached hydrogens (tertiary/aromatic N) is 2. The van der Waals surface area contributed by atoms with Crippen molar-refractivity contribution in [3.63, 3.8) is 0 Å². The van der Waals surface area contributed by atoms with E-state index in [0.717, 1.165) is 68.3 Å². The van der Waals surface area contributed by atoms with Crippen LogP contribution in [0.25, 0.3) is 16.5 Å². The number of carbonyl (C=O) groups excluding carboxylic acids is 1. The number of hydrogen-bond acceptors (Lipinski definition) is 4. The predicted molar refractivity (Wildman–Crippen MR) is 179 cm³/mol. The van der Waals surface area contributed by atoms with Crippen molar-refractivity contribution in [1.82, 2.24) is 9.88 Å². The molecule has 3 heterocycles. The van der Waals surface area contributed by atoms with Gasteiger partial charge in [-0.15, -0.1) is 0 Å². The summed E-state index contributed by atoms with van der Waals surface area (Å²) >= 11 is 6.14. The number of rotatable bonds is 8. The number of hydrogen-bond donors (Lipinski definition) is 3. The highest BCUT2D eigenvalue weighted by atomic mass is 35.5. The number of fused-ring (bicyclic) bond motifs is 1. The molecule has 2 fully saturated rings. The Morgan fingerprint density at radius 2 is 1.51 bits per heavy atom. The van der Waals surface area contributed by atoms with Crippen molar-refractivity contribution in [3.8, 4) is 5.69 Å². The summed E-state index contributed by atoms with van der Waals surface area (Å²) in [5.74, 6) is -1.23. The maximum atomic E-state index is 13.9. The van der Waals surface area contributed by atoms with Gasteiger partial charge in [0.05, 0.1) is 30.4 Å². The summed E-state index contributed by atoms with van der Waals surface area (Å²) in [5, 5.41) is 15.4. The van der Waals surface area contributed by atoms with E-state index in [-0.39, 0.29) is 17.0 Å². The number of quaternary nitrogens is 1. The summed E-state index contributed by atoms with van der Waals surface area (Å²) in [7, 11) is 0. The normalized spacial score (nSPS) is 16.5. The second-order valence-electron chi connectivity index (χ2n) is 12.1. The van der Waals surface area contributed by atoms with Gasteiger partial charge in [-0.25, -0.2) is 4.79 Å². The summed E-state index contributed by atoms with van der Waals surface area (Å²) in [6, 6.07) is 24.5. The van der Waals surface area contributed by atoms with E-state index < -0.39 is 5.97 Å². The molecule has 8 nitrogen and oxygen atoms in total. The molecule has 0 unspecified atom stereocenters. The molecule has 0 spiro atoms. The lowest BCUT2D eigenvalue weighted by Gasteiger charge is -2.49. The molecule has 2 aliphatic heterocycles. The highest BCUT2D eigenvalue weighted by Crippen LogP contribution is 2.33. The first-order chi connectivity index (χ1) is 21.8. The summed E-state index contributed by atoms with van der Waals surface area (Å²) in [5.41, 5.74) is 7.46. The van der Waals surface area contributed by atoms with Crippen LogP contribution in [0.15, 0.2) is 83.7 Å². The van der Waals surface area contributed by atoms with E-state index in [1.165, 1.54) is 6.42 Å². The monoisotopic (exact) mass is 629 g/mol. The zero-order valence-corrected chi connectivity index (χ0v) is 26.3. The minimum absolute atomic E-state index is 0.182. The highest BCUT2D eigenvalue weighted by molar-refractivity contribution is 6.30. The molecule has 2 aliphatic rings. The van der Waals surface area contributed by atoms with Gasteiger partial charge in [0.25, 0.3) is 5.56 Å². The fourth-order valence-electron chi connectivity index (χ4n) is 7.01. The van der Waals surface area contributed by atoms with E-state index in [1.54, 1.807) is 47.0 Å². The molecular weight excluding hydrogens is 588 g/mol. The molecule has 6 rings (SSSR count). The topological polar surface area (TPSA) is 114 Å². The van der Waals surface area contributed by atoms with Crippen LogP contribution >= 0.6 is 11.6 Å². The van der Waals surface area contributed by atoms with Crippen LogP contribution in [-0.4, -0.2) is 58.3 Å². The molecule has 0 bridgehead atoms. The second kappa shape index (κ2) is 14.9. The summed E-state index contributed by atoms with van der Waals surface area (Å²) in [6.45, 7) is 4.54. The number of benzene rings is 3. The predicted octanol–water partition coefficient (Wildman–Crippen LogP) is 5.70. The van der Waals surface area contributed by atoms with Crippen LogP contribution in [0, 0.1) is 0 Å². The lowest BCUT2D eigenvalue weighted by molar-refractivity contribution is -0.968. The van der Waals surface area contributed by atoms with E-state index in [1.807, 2.05) is 36.4 Å². The Balaban J connectivity index is 0.000000309. The smallest absolute Gasteiger partial charge is 0.338 e. The first-order valence-electron chi connectivity index (χ1n) is 15.8. The molecule has 0 saturated carbocycles. The minimum atomic E-state index is -0.991. The molecule has 1 aromatic heterocycles. The number of carboxylic acids is 1. The zero-order chi connectivity index (χ0) is 31.8. The van der Waals surface area contributed by atoms with Gasteiger partial charge < -0.3 is 20.6 Å². The molecule has 2 saturated heterocycles. The SMILES string of the molecule is NC(=O)CCc1ccccc1.O=C(O)c1c(C[N+]2(C3CCNCC3)CCCCC2)n(-c2ccc(Cl)cc2)c(=O)c2ccccc12. The van der Waals surface area contributed by atoms with Gasteiger partial charge in [-0.1, -0.05) is 60.1 Å². The van der Waals surface area contributed by atoms with Crippen LogP contribution in [0.4, 0.5) is 0 Å². The number of aryl methyl sites for hydroxylation is 1. The quantitative estimate of drug-likeness (QED) is 0.216. The number of halogens is 1. The number of amides is 1. The van der Waals surface area contributed by atoms with E-state index in [2.05, 4.69) is 5.32 Å². The van der Waals surface area contributed by atoms with Gasteiger partial charge >= 0.3 is 5.97 Å². The van der Waals surface area contributed by atoms with E-state index in [0.29, 0.717) is 46.2 Å². The summed E-state index contributed by atoms with van der Waals surface area (Å²) < 4.78 is 2.49. The fraction of sp³-hybridized carbons (Fsp3) is 0.361. The van der Waals surface area contributed by atoms with Crippen LogP contribution in [0.3, 0.4) is 0 Å². The number of primary amides is 1. The van der Waals surface area contributed by atoms with Gasteiger partial charge in [-0.2, -0.15) is 0 Å². The van der Waals surface area contributed by atoms with Gasteiger partial charge in [0.2, 0.25) is 5.91 Å². The average molecular weight is 630 g/mol. The van der Waals surface area contributed by atoms with Crippen molar-refractivity contribution >= 4 is 34.2 Å². The van der Waals surface area contributed by atoms with Gasteiger partial charge in [0, 0.05) is 53.8 Å². The Labute approximate surface area is 269 Å². The molecule has 4 N–H and O–H groups in total. The van der Waals surface area contributed by atoms with Gasteiger partial charge in [0.15, 0.2) is 0 Å². The summed E-state index contributed by atoms with van der Waals surface area (Å²) in [4.78, 5) is 37.0. The largest absolute Gasteiger partial charge is 0.478 e. The number of pyridine rings is 1. The number of likely N-dealkylation sites (tertiary alicyclic amines) is 1. The first kappa shape index (κ1) is 32.4. The Hall–Kier alpha value is -3.98. The first-order valence-corrected chi connectivity index (χ1v) is 16.2. The van der Waals surface area contributed by atoms with Crippen molar-refractivity contribution in [3.05, 3.63) is 111 Å². The molecule has 0 radical (unpaired) electrons. The molecule has 45 heavy (non-hydrogen) atoms. The third-order valence-electron chi connectivity index (χ3n) is 9.24. The third-order valence-corrected chi connectivity index (χ3v) is 9.50. The molecule has 1 amide bonds. The fourth-order valence-corrected chi connectivity index (χ4v) is 7.13. The molecule has 4 aromatic rings.